The summed E-state index contributed by atoms with van der Waals surface area (Å²) < 4.78 is 18.4. The summed E-state index contributed by atoms with van der Waals surface area (Å²) in [7, 11) is 1.61. The van der Waals surface area contributed by atoms with Gasteiger partial charge in [-0.3, -0.25) is 10.4 Å². The predicted octanol–water partition coefficient (Wildman–Crippen LogP) is 1.75. The molecule has 1 rings (SSSR count). The molecule has 0 aliphatic rings. The first-order chi connectivity index (χ1) is 8.69. The van der Waals surface area contributed by atoms with Crippen LogP contribution in [0, 0.1) is 5.82 Å². The average molecular weight is 275 g/mol. The molecule has 7 heteroatoms. The smallest absolute Gasteiger partial charge is 0.210 e. The van der Waals surface area contributed by atoms with Crippen LogP contribution in [0.1, 0.15) is 6.42 Å². The number of guanidine groups is 1. The minimum Gasteiger partial charge on any atom is -0.385 e. The summed E-state index contributed by atoms with van der Waals surface area (Å²) in [6.07, 6.45) is 0.744. The third-order valence-electron chi connectivity index (χ3n) is 2.12. The lowest BCUT2D eigenvalue weighted by molar-refractivity contribution is 0.197. The first-order valence-electron chi connectivity index (χ1n) is 5.40. The lowest BCUT2D eigenvalue weighted by atomic mass is 10.3. The van der Waals surface area contributed by atoms with Crippen molar-refractivity contribution in [3.05, 3.63) is 29.0 Å². The van der Waals surface area contributed by atoms with E-state index in [0.717, 1.165) is 6.42 Å². The Balaban J connectivity index is 2.67. The SMILES string of the molecule is COCCCN=C(NN)Nc1c(F)cccc1Cl. The number of hydrogen-bond donors (Lipinski definition) is 3. The molecule has 0 atom stereocenters. The van der Waals surface area contributed by atoms with Crippen molar-refractivity contribution in [3.8, 4) is 0 Å². The first-order valence-corrected chi connectivity index (χ1v) is 5.78. The van der Waals surface area contributed by atoms with E-state index in [1.54, 1.807) is 13.2 Å². The van der Waals surface area contributed by atoms with E-state index in [0.29, 0.717) is 13.2 Å². The van der Waals surface area contributed by atoms with E-state index < -0.39 is 5.82 Å². The number of nitrogens with two attached hydrogens (primary N) is 1. The highest BCUT2D eigenvalue weighted by molar-refractivity contribution is 6.33. The Labute approximate surface area is 110 Å². The summed E-state index contributed by atoms with van der Waals surface area (Å²) in [6.45, 7) is 1.11. The molecular formula is C11H16ClFN4O. The molecule has 0 radical (unpaired) electrons. The molecule has 0 saturated heterocycles. The van der Waals surface area contributed by atoms with Crippen molar-refractivity contribution in [2.75, 3.05) is 25.6 Å². The lowest BCUT2D eigenvalue weighted by Crippen LogP contribution is -2.36. The largest absolute Gasteiger partial charge is 0.385 e. The highest BCUT2D eigenvalue weighted by atomic mass is 35.5. The maximum atomic E-state index is 13.5. The van der Waals surface area contributed by atoms with E-state index in [1.165, 1.54) is 12.1 Å². The number of rotatable bonds is 5. The number of ether oxygens (including phenoxy) is 1. The zero-order valence-electron chi connectivity index (χ0n) is 10.0. The third-order valence-corrected chi connectivity index (χ3v) is 2.43. The summed E-state index contributed by atoms with van der Waals surface area (Å²) >= 11 is 5.87. The van der Waals surface area contributed by atoms with E-state index in [2.05, 4.69) is 15.7 Å². The Morgan fingerprint density at radius 3 is 2.94 bits per heavy atom. The third kappa shape index (κ3) is 4.48. The van der Waals surface area contributed by atoms with Crippen LogP contribution in [-0.4, -0.2) is 26.2 Å². The van der Waals surface area contributed by atoms with Gasteiger partial charge < -0.3 is 10.1 Å². The Kier molecular flexibility index (Phi) is 6.42. The summed E-state index contributed by atoms with van der Waals surface area (Å²) in [6, 6.07) is 4.40. The van der Waals surface area contributed by atoms with Gasteiger partial charge in [0.2, 0.25) is 5.96 Å². The summed E-state index contributed by atoms with van der Waals surface area (Å²) in [4.78, 5) is 4.12. The van der Waals surface area contributed by atoms with E-state index in [4.69, 9.17) is 22.2 Å². The Bertz CT molecular complexity index is 394. The molecule has 0 amide bonds. The Hall–Kier alpha value is -1.37. The molecule has 0 fully saturated rings. The van der Waals surface area contributed by atoms with E-state index >= 15 is 0 Å². The topological polar surface area (TPSA) is 71.7 Å². The maximum Gasteiger partial charge on any atom is 0.210 e. The minimum atomic E-state index is -0.470. The second-order valence-electron chi connectivity index (χ2n) is 3.44. The van der Waals surface area contributed by atoms with Crippen LogP contribution in [0.2, 0.25) is 5.02 Å². The molecular weight excluding hydrogens is 259 g/mol. The number of halogens is 2. The number of nitrogens with zero attached hydrogens (tertiary/aromatic N) is 1. The van der Waals surface area contributed by atoms with Gasteiger partial charge in [0.25, 0.3) is 0 Å². The number of nitrogens with one attached hydrogen (secondary N) is 2. The number of hydrazine groups is 1. The quantitative estimate of drug-likeness (QED) is 0.251. The van der Waals surface area contributed by atoms with E-state index in [1.807, 2.05) is 0 Å². The van der Waals surface area contributed by atoms with Crippen molar-refractivity contribution in [1.82, 2.24) is 5.43 Å². The van der Waals surface area contributed by atoms with Crippen molar-refractivity contribution < 1.29 is 9.13 Å². The fourth-order valence-corrected chi connectivity index (χ4v) is 1.47. The highest BCUT2D eigenvalue weighted by Gasteiger charge is 2.08. The van der Waals surface area contributed by atoms with Gasteiger partial charge in [0.15, 0.2) is 0 Å². The van der Waals surface area contributed by atoms with Gasteiger partial charge in [-0.2, -0.15) is 0 Å². The van der Waals surface area contributed by atoms with Gasteiger partial charge in [0, 0.05) is 20.3 Å². The zero-order chi connectivity index (χ0) is 13.4. The van der Waals surface area contributed by atoms with Crippen LogP contribution in [-0.2, 0) is 4.74 Å². The van der Waals surface area contributed by atoms with Crippen LogP contribution >= 0.6 is 11.6 Å². The summed E-state index contributed by atoms with van der Waals surface area (Å²) in [5.74, 6) is 5.07. The second kappa shape index (κ2) is 7.86. The molecule has 0 aliphatic carbocycles. The predicted molar refractivity (Wildman–Crippen MR) is 71.2 cm³/mol. The number of anilines is 1. The van der Waals surface area contributed by atoms with Crippen LogP contribution in [0.25, 0.3) is 0 Å². The molecule has 5 nitrogen and oxygen atoms in total. The molecule has 0 aliphatic heterocycles. The van der Waals surface area contributed by atoms with Crippen LogP contribution < -0.4 is 16.6 Å². The van der Waals surface area contributed by atoms with E-state index in [9.17, 15) is 4.39 Å². The van der Waals surface area contributed by atoms with Gasteiger partial charge in [-0.25, -0.2) is 10.2 Å². The van der Waals surface area contributed by atoms with Gasteiger partial charge in [0.05, 0.1) is 10.7 Å². The molecule has 4 N–H and O–H groups in total. The summed E-state index contributed by atoms with van der Waals surface area (Å²) in [5.41, 5.74) is 2.50. The standard InChI is InChI=1S/C11H16ClFN4O/c1-18-7-3-6-15-11(17-14)16-10-8(12)4-2-5-9(10)13/h2,4-5H,3,6-7,14H2,1H3,(H2,15,16,17). The molecule has 0 aromatic heterocycles. The fraction of sp³-hybridized carbons (Fsp3) is 0.364. The van der Waals surface area contributed by atoms with Gasteiger partial charge in [0.1, 0.15) is 5.82 Å². The average Bonchev–Trinajstić information content (AvgIpc) is 2.36. The van der Waals surface area contributed by atoms with Crippen molar-refractivity contribution >= 4 is 23.2 Å². The minimum absolute atomic E-state index is 0.141. The van der Waals surface area contributed by atoms with Crippen LogP contribution in [0.15, 0.2) is 23.2 Å². The molecule has 0 heterocycles. The zero-order valence-corrected chi connectivity index (χ0v) is 10.8. The van der Waals surface area contributed by atoms with Crippen LogP contribution in [0.5, 0.6) is 0 Å². The first kappa shape index (κ1) is 14.7. The van der Waals surface area contributed by atoms with Crippen molar-refractivity contribution in [2.24, 2.45) is 10.8 Å². The van der Waals surface area contributed by atoms with Crippen molar-refractivity contribution in [1.29, 1.82) is 0 Å². The maximum absolute atomic E-state index is 13.5. The molecule has 100 valence electrons. The second-order valence-corrected chi connectivity index (χ2v) is 3.85. The van der Waals surface area contributed by atoms with Crippen molar-refractivity contribution in [3.63, 3.8) is 0 Å². The van der Waals surface area contributed by atoms with E-state index in [-0.39, 0.29) is 16.7 Å². The fourth-order valence-electron chi connectivity index (χ4n) is 1.26. The van der Waals surface area contributed by atoms with Gasteiger partial charge >= 0.3 is 0 Å². The highest BCUT2D eigenvalue weighted by Crippen LogP contribution is 2.24. The number of para-hydroxylation sites is 1. The molecule has 1 aromatic rings. The van der Waals surface area contributed by atoms with Crippen molar-refractivity contribution in [2.45, 2.75) is 6.42 Å². The molecule has 0 bridgehead atoms. The normalized spacial score (nSPS) is 11.4. The van der Waals surface area contributed by atoms with Gasteiger partial charge in [-0.15, -0.1) is 0 Å². The molecule has 0 saturated carbocycles. The van der Waals surface area contributed by atoms with Gasteiger partial charge in [-0.05, 0) is 18.6 Å². The number of benzene rings is 1. The van der Waals surface area contributed by atoms with Crippen LogP contribution in [0.4, 0.5) is 10.1 Å². The number of hydrogen-bond acceptors (Lipinski definition) is 3. The Morgan fingerprint density at radius 2 is 2.33 bits per heavy atom. The number of aliphatic imine (C=N–C) groups is 1. The van der Waals surface area contributed by atoms with Gasteiger partial charge in [-0.1, -0.05) is 17.7 Å². The molecule has 0 unspecified atom stereocenters. The lowest BCUT2D eigenvalue weighted by Gasteiger charge is -2.11. The van der Waals surface area contributed by atoms with Crippen LogP contribution in [0.3, 0.4) is 0 Å². The Morgan fingerprint density at radius 1 is 1.56 bits per heavy atom. The number of methoxy groups -OCH3 is 1. The molecule has 18 heavy (non-hydrogen) atoms. The summed E-state index contributed by atoms with van der Waals surface area (Å²) in [5, 5.41) is 2.97. The molecule has 1 aromatic carbocycles. The molecule has 0 spiro atoms. The monoisotopic (exact) mass is 274 g/mol.